The van der Waals surface area contributed by atoms with E-state index in [0.29, 0.717) is 18.5 Å². The zero-order valence-electron chi connectivity index (χ0n) is 12.7. The van der Waals surface area contributed by atoms with Crippen LogP contribution in [0.15, 0.2) is 42.5 Å². The van der Waals surface area contributed by atoms with Gasteiger partial charge in [0.2, 0.25) is 5.91 Å². The Bertz CT molecular complexity index is 652. The van der Waals surface area contributed by atoms with Gasteiger partial charge in [-0.15, -0.1) is 0 Å². The van der Waals surface area contributed by atoms with Crippen LogP contribution >= 0.6 is 0 Å². The number of nitrogens with zero attached hydrogens (tertiary/aromatic N) is 1. The molecule has 21 heavy (non-hydrogen) atoms. The largest absolute Gasteiger partial charge is 0.344 e. The van der Waals surface area contributed by atoms with Crippen molar-refractivity contribution in [3.63, 3.8) is 0 Å². The summed E-state index contributed by atoms with van der Waals surface area (Å²) in [5.41, 5.74) is 1.30. The van der Waals surface area contributed by atoms with Gasteiger partial charge in [-0.2, -0.15) is 0 Å². The first-order valence-electron chi connectivity index (χ1n) is 7.62. The molecule has 0 spiro atoms. The van der Waals surface area contributed by atoms with Crippen molar-refractivity contribution >= 4 is 16.7 Å². The lowest BCUT2D eigenvalue weighted by molar-refractivity contribution is -0.132. The molecule has 0 saturated carbocycles. The number of likely N-dealkylation sites (tertiary alicyclic amines) is 1. The van der Waals surface area contributed by atoms with Crippen molar-refractivity contribution in [1.82, 2.24) is 10.2 Å². The van der Waals surface area contributed by atoms with Crippen LogP contribution in [0.25, 0.3) is 10.8 Å². The second-order valence-electron chi connectivity index (χ2n) is 6.00. The molecule has 1 N–H and O–H groups in total. The van der Waals surface area contributed by atoms with E-state index in [4.69, 9.17) is 0 Å². The maximum absolute atomic E-state index is 11.5. The molecule has 1 aliphatic rings. The monoisotopic (exact) mass is 282 g/mol. The number of carbonyl (C=O) groups is 1. The van der Waals surface area contributed by atoms with Crippen LogP contribution in [0.4, 0.5) is 0 Å². The van der Waals surface area contributed by atoms with E-state index < -0.39 is 0 Å². The molecule has 3 heteroatoms. The van der Waals surface area contributed by atoms with Crippen LogP contribution in [0, 0.1) is 0 Å². The van der Waals surface area contributed by atoms with Crippen LogP contribution in [0.1, 0.15) is 31.4 Å². The van der Waals surface area contributed by atoms with Gasteiger partial charge in [0, 0.05) is 32.1 Å². The lowest BCUT2D eigenvalue weighted by Gasteiger charge is -2.32. The number of hydrogen-bond acceptors (Lipinski definition) is 2. The summed E-state index contributed by atoms with van der Waals surface area (Å²) in [6, 6.07) is 15.7. The standard InChI is InChI=1S/C18H22N2O/c1-13(19-17-9-10-18(21)20(2)12-17)15-8-7-14-5-3-4-6-16(14)11-15/h3-8,11,13,17,19H,9-10,12H2,1-2H3. The fourth-order valence-corrected chi connectivity index (χ4v) is 3.08. The van der Waals surface area contributed by atoms with Gasteiger partial charge in [-0.3, -0.25) is 4.79 Å². The number of nitrogens with one attached hydrogen (secondary N) is 1. The van der Waals surface area contributed by atoms with Crippen LogP contribution in [-0.4, -0.2) is 30.4 Å². The van der Waals surface area contributed by atoms with Gasteiger partial charge in [0.05, 0.1) is 0 Å². The van der Waals surface area contributed by atoms with Crippen molar-refractivity contribution in [3.05, 3.63) is 48.0 Å². The fraction of sp³-hybridized carbons (Fsp3) is 0.389. The first kappa shape index (κ1) is 14.1. The number of rotatable bonds is 3. The highest BCUT2D eigenvalue weighted by atomic mass is 16.2. The maximum Gasteiger partial charge on any atom is 0.222 e. The van der Waals surface area contributed by atoms with Crippen molar-refractivity contribution in [2.45, 2.75) is 31.8 Å². The minimum Gasteiger partial charge on any atom is -0.344 e. The average Bonchev–Trinajstić information content (AvgIpc) is 2.50. The van der Waals surface area contributed by atoms with E-state index in [9.17, 15) is 4.79 Å². The molecule has 2 aromatic rings. The van der Waals surface area contributed by atoms with Crippen LogP contribution < -0.4 is 5.32 Å². The van der Waals surface area contributed by atoms with Crippen LogP contribution in [0.3, 0.4) is 0 Å². The minimum absolute atomic E-state index is 0.256. The third kappa shape index (κ3) is 3.08. The van der Waals surface area contributed by atoms with Crippen molar-refractivity contribution in [1.29, 1.82) is 0 Å². The SMILES string of the molecule is CC(NC1CCC(=O)N(C)C1)c1ccc2ccccc2c1. The highest BCUT2D eigenvalue weighted by molar-refractivity contribution is 5.83. The Morgan fingerprint density at radius 2 is 1.95 bits per heavy atom. The van der Waals surface area contributed by atoms with Crippen LogP contribution in [0.2, 0.25) is 0 Å². The van der Waals surface area contributed by atoms with Gasteiger partial charge in [-0.05, 0) is 35.7 Å². The molecule has 1 heterocycles. The number of fused-ring (bicyclic) bond motifs is 1. The lowest BCUT2D eigenvalue weighted by atomic mass is 10.00. The summed E-state index contributed by atoms with van der Waals surface area (Å²) in [6.45, 7) is 3.00. The molecule has 3 rings (SSSR count). The van der Waals surface area contributed by atoms with E-state index in [1.54, 1.807) is 0 Å². The van der Waals surface area contributed by atoms with E-state index in [1.165, 1.54) is 16.3 Å². The summed E-state index contributed by atoms with van der Waals surface area (Å²) in [6.07, 6.45) is 1.58. The molecule has 2 unspecified atom stereocenters. The number of amides is 1. The van der Waals surface area contributed by atoms with Gasteiger partial charge >= 0.3 is 0 Å². The Balaban J connectivity index is 1.71. The topological polar surface area (TPSA) is 32.3 Å². The number of carbonyl (C=O) groups excluding carboxylic acids is 1. The molecule has 110 valence electrons. The first-order chi connectivity index (χ1) is 10.1. The highest BCUT2D eigenvalue weighted by Crippen LogP contribution is 2.21. The van der Waals surface area contributed by atoms with Gasteiger partial charge in [0.1, 0.15) is 0 Å². The Labute approximate surface area is 125 Å². The van der Waals surface area contributed by atoms with Crippen molar-refractivity contribution in [2.75, 3.05) is 13.6 Å². The Kier molecular flexibility index (Phi) is 3.93. The maximum atomic E-state index is 11.5. The van der Waals surface area contributed by atoms with Crippen LogP contribution in [-0.2, 0) is 4.79 Å². The zero-order valence-corrected chi connectivity index (χ0v) is 12.7. The van der Waals surface area contributed by atoms with Crippen molar-refractivity contribution < 1.29 is 4.79 Å². The fourth-order valence-electron chi connectivity index (χ4n) is 3.08. The van der Waals surface area contributed by atoms with Gasteiger partial charge in [-0.25, -0.2) is 0 Å². The van der Waals surface area contributed by atoms with E-state index in [0.717, 1.165) is 13.0 Å². The molecular formula is C18H22N2O. The summed E-state index contributed by atoms with van der Waals surface area (Å²) >= 11 is 0. The molecule has 0 aromatic heterocycles. The average molecular weight is 282 g/mol. The summed E-state index contributed by atoms with van der Waals surface area (Å²) in [4.78, 5) is 13.4. The summed E-state index contributed by atoms with van der Waals surface area (Å²) in [7, 11) is 1.89. The molecule has 2 aromatic carbocycles. The molecule has 0 bridgehead atoms. The van der Waals surface area contributed by atoms with Gasteiger partial charge in [0.25, 0.3) is 0 Å². The lowest BCUT2D eigenvalue weighted by Crippen LogP contribution is -2.47. The smallest absolute Gasteiger partial charge is 0.222 e. The number of benzene rings is 2. The van der Waals surface area contributed by atoms with E-state index in [2.05, 4.69) is 54.7 Å². The number of piperidine rings is 1. The molecule has 1 fully saturated rings. The molecule has 1 aliphatic heterocycles. The molecular weight excluding hydrogens is 260 g/mol. The van der Waals surface area contributed by atoms with Crippen LogP contribution in [0.5, 0.6) is 0 Å². The Morgan fingerprint density at radius 3 is 2.71 bits per heavy atom. The van der Waals surface area contributed by atoms with Gasteiger partial charge < -0.3 is 10.2 Å². The summed E-state index contributed by atoms with van der Waals surface area (Å²) in [5, 5.41) is 6.21. The molecule has 3 nitrogen and oxygen atoms in total. The number of likely N-dealkylation sites (N-methyl/N-ethyl adjacent to an activating group) is 1. The number of hydrogen-bond donors (Lipinski definition) is 1. The summed E-state index contributed by atoms with van der Waals surface area (Å²) < 4.78 is 0. The predicted molar refractivity (Wildman–Crippen MR) is 86.2 cm³/mol. The Hall–Kier alpha value is -1.87. The van der Waals surface area contributed by atoms with Crippen molar-refractivity contribution in [3.8, 4) is 0 Å². The molecule has 2 atom stereocenters. The molecule has 0 aliphatic carbocycles. The summed E-state index contributed by atoms with van der Waals surface area (Å²) in [5.74, 6) is 0.256. The van der Waals surface area contributed by atoms with E-state index in [1.807, 2.05) is 11.9 Å². The van der Waals surface area contributed by atoms with Gasteiger partial charge in [-0.1, -0.05) is 36.4 Å². The van der Waals surface area contributed by atoms with Gasteiger partial charge in [0.15, 0.2) is 0 Å². The first-order valence-corrected chi connectivity index (χ1v) is 7.62. The third-order valence-electron chi connectivity index (χ3n) is 4.39. The van der Waals surface area contributed by atoms with E-state index in [-0.39, 0.29) is 5.91 Å². The predicted octanol–water partition coefficient (Wildman–Crippen LogP) is 3.11. The minimum atomic E-state index is 0.256. The van der Waals surface area contributed by atoms with Crippen molar-refractivity contribution in [2.24, 2.45) is 0 Å². The normalized spacial score (nSPS) is 20.8. The van der Waals surface area contributed by atoms with E-state index >= 15 is 0 Å². The second-order valence-corrected chi connectivity index (χ2v) is 6.00. The highest BCUT2D eigenvalue weighted by Gasteiger charge is 2.23. The Morgan fingerprint density at radius 1 is 1.19 bits per heavy atom. The molecule has 1 saturated heterocycles. The quantitative estimate of drug-likeness (QED) is 0.938. The zero-order chi connectivity index (χ0) is 14.8. The third-order valence-corrected chi connectivity index (χ3v) is 4.39. The second kappa shape index (κ2) is 5.86. The molecule has 1 amide bonds. The molecule has 0 radical (unpaired) electrons.